The number of aryl methyl sites for hydroxylation is 1. The highest BCUT2D eigenvalue weighted by Gasteiger charge is 2.21. The number of ether oxygens (including phenoxy) is 2. The predicted octanol–water partition coefficient (Wildman–Crippen LogP) is 35.6. The van der Waals surface area contributed by atoms with Crippen molar-refractivity contribution in [1.29, 1.82) is 0 Å². The summed E-state index contributed by atoms with van der Waals surface area (Å²) in [5.74, 6) is 0.879. The van der Waals surface area contributed by atoms with Crippen LogP contribution in [0.5, 0.6) is 11.5 Å². The number of hydrogen-bond acceptors (Lipinski definition) is 9. The summed E-state index contributed by atoms with van der Waals surface area (Å²) in [7, 11) is 3.29. The van der Waals surface area contributed by atoms with Crippen LogP contribution in [0.15, 0.2) is 287 Å². The summed E-state index contributed by atoms with van der Waals surface area (Å²) in [5.41, 5.74) is 11.5. The first-order chi connectivity index (χ1) is 53.9. The molecule has 7 aromatic heterocycles. The van der Waals surface area contributed by atoms with Crippen LogP contribution in [-0.2, 0) is 0 Å². The lowest BCUT2D eigenvalue weighted by atomic mass is 10.1. The van der Waals surface area contributed by atoms with E-state index in [0.717, 1.165) is 163 Å². The third-order valence-corrected chi connectivity index (χ3v) is 24.1. The van der Waals surface area contributed by atoms with Gasteiger partial charge >= 0.3 is 0 Å². The molecule has 112 heavy (non-hydrogen) atoms. The first kappa shape index (κ1) is 79.7. The lowest BCUT2D eigenvalue weighted by Gasteiger charge is -2.01. The van der Waals surface area contributed by atoms with Gasteiger partial charge in [-0.15, -0.1) is 0 Å². The highest BCUT2D eigenvalue weighted by atomic mass is 79.9. The van der Waals surface area contributed by atoms with Crippen molar-refractivity contribution in [3.63, 3.8) is 0 Å². The van der Waals surface area contributed by atoms with E-state index in [1.807, 2.05) is 194 Å². The SMILES string of the molecule is COc1ccc(Br)c2oc3c(Cl)cccc3c12.COc1ccc(Br)c2oc3ccc(Cl)cc3c12.Cc1ccc(Br)c2oc3cc(Cl)ccc3c12.Clc1ccc2c(c1)oc1c(Br)cccc12.Clc1ccc2oc3c(Br)cccc3c2c1.Fc1cc(Cl)cc2oc3c(Br)cccc3c12.Fc1ccc(Cl)c2oc3c(Br)cccc3c12. The van der Waals surface area contributed by atoms with E-state index in [4.69, 9.17) is 122 Å². The maximum absolute atomic E-state index is 13.8. The second-order valence-electron chi connectivity index (χ2n) is 24.8. The normalized spacial score (nSPS) is 11.3. The number of fused-ring (bicyclic) bond motifs is 21. The molecule has 0 bridgehead atoms. The fourth-order valence-electron chi connectivity index (χ4n) is 13.0. The van der Waals surface area contributed by atoms with Gasteiger partial charge in [-0.2, -0.15) is 0 Å². The van der Waals surface area contributed by atoms with Gasteiger partial charge in [-0.3, -0.25) is 0 Å². The molecule has 14 aromatic carbocycles. The second-order valence-corrected chi connectivity index (χ2v) is 33.8. The number of hydrogen-bond donors (Lipinski definition) is 0. The van der Waals surface area contributed by atoms with Gasteiger partial charge in [0.25, 0.3) is 0 Å². The van der Waals surface area contributed by atoms with Gasteiger partial charge in [0.2, 0.25) is 0 Å². The molecule has 7 heterocycles. The summed E-state index contributed by atoms with van der Waals surface area (Å²) in [6.07, 6.45) is 0. The molecule has 0 saturated carbocycles. The number of rotatable bonds is 2. The van der Waals surface area contributed by atoms with Crippen molar-refractivity contribution in [2.24, 2.45) is 0 Å². The van der Waals surface area contributed by atoms with Crippen molar-refractivity contribution in [1.82, 2.24) is 0 Å². The van der Waals surface area contributed by atoms with E-state index < -0.39 is 0 Å². The zero-order valence-electron chi connectivity index (χ0n) is 57.6. The standard InChI is InChI=1S/2C13H8BrClO2.C13H8BrClO.2C12H5BrClFO.2C12H6BrClO/c1-16-11-5-3-9(14)13-12(11)8-6-7(15)2-4-10(8)17-13;1-16-10-6-5-8(14)13-11(10)7-3-2-4-9(15)12(7)17-13;1-7-2-5-10(14)13-12(7)9-4-3-8(15)6-11(9)16-13;13-8-3-1-2-7-11-9(15)4-6(14)5-10(11)16-12(7)8;13-7-3-1-2-6-10-9(15)5-4-8(14)12(10)16-11(6)7;13-10-3-1-2-9-8-5-4-7(14)6-11(8)15-12(9)10;13-10-3-1-2-8-9-6-7(14)4-5-11(9)15-12(8)10/h2*2-6H,1H3;2-6H,1H3;2*1-5H;2*1-6H. The fourth-order valence-corrected chi connectivity index (χ4v) is 17.3. The average molecular weight is 2080 g/mol. The topological polar surface area (TPSA) is 110 Å². The molecule has 25 heteroatoms. The third kappa shape index (κ3) is 15.8. The van der Waals surface area contributed by atoms with Crippen molar-refractivity contribution in [3.05, 3.63) is 308 Å². The molecule has 0 aliphatic rings. The number of methoxy groups -OCH3 is 2. The Kier molecular flexibility index (Phi) is 24.0. The minimum Gasteiger partial charge on any atom is -0.496 e. The van der Waals surface area contributed by atoms with E-state index in [1.54, 1.807) is 20.3 Å². The van der Waals surface area contributed by atoms with E-state index >= 15 is 0 Å². The molecule has 0 saturated heterocycles. The maximum atomic E-state index is 13.8. The van der Waals surface area contributed by atoms with Crippen molar-refractivity contribution in [3.8, 4) is 11.5 Å². The minimum absolute atomic E-state index is 0.323. The Balaban J connectivity index is 0.000000103. The number of para-hydroxylation sites is 5. The first-order valence-corrected chi connectivity index (χ1v) is 41.5. The third-order valence-electron chi connectivity index (χ3n) is 18.0. The molecule has 0 aliphatic carbocycles. The molecule has 9 nitrogen and oxygen atoms in total. The van der Waals surface area contributed by atoms with Crippen molar-refractivity contribution < 1.29 is 49.2 Å². The molecular formula is C87H46Br7Cl7F2O9. The van der Waals surface area contributed by atoms with E-state index in [1.165, 1.54) is 23.8 Å². The van der Waals surface area contributed by atoms with Gasteiger partial charge in [-0.1, -0.05) is 148 Å². The van der Waals surface area contributed by atoms with Gasteiger partial charge in [0, 0.05) is 97.2 Å². The number of furan rings is 7. The molecule has 21 rings (SSSR count). The highest BCUT2D eigenvalue weighted by molar-refractivity contribution is 9.11. The van der Waals surface area contributed by atoms with Gasteiger partial charge in [0.05, 0.1) is 77.1 Å². The molecule has 0 radical (unpaired) electrons. The van der Waals surface area contributed by atoms with Crippen LogP contribution in [0, 0.1) is 18.6 Å². The summed E-state index contributed by atoms with van der Waals surface area (Å²) in [6.45, 7) is 2.08. The molecule has 0 N–H and O–H groups in total. The van der Waals surface area contributed by atoms with Crippen LogP contribution in [-0.4, -0.2) is 14.2 Å². The number of halogens is 16. The van der Waals surface area contributed by atoms with Gasteiger partial charge in [0.15, 0.2) is 22.3 Å². The molecule has 0 fully saturated rings. The monoisotopic (exact) mass is 2070 g/mol. The van der Waals surface area contributed by atoms with Gasteiger partial charge in [-0.05, 0) is 264 Å². The summed E-state index contributed by atoms with van der Waals surface area (Å²) >= 11 is 65.8. The number of benzene rings is 14. The Hall–Kier alpha value is -7.47. The average Bonchev–Trinajstić information content (AvgIpc) is 1.69. The summed E-state index contributed by atoms with van der Waals surface area (Å²) < 4.78 is 84.5. The highest BCUT2D eigenvalue weighted by Crippen LogP contribution is 2.46. The Morgan fingerprint density at radius 1 is 0.250 bits per heavy atom. The zero-order chi connectivity index (χ0) is 78.7. The molecular weight excluding hydrogens is 2030 g/mol. The van der Waals surface area contributed by atoms with Crippen LogP contribution >= 0.6 is 193 Å². The van der Waals surface area contributed by atoms with Crippen LogP contribution in [0.1, 0.15) is 5.56 Å². The second kappa shape index (κ2) is 33.8. The summed E-state index contributed by atoms with van der Waals surface area (Å²) in [5, 5.41) is 17.0. The van der Waals surface area contributed by atoms with E-state index in [-0.39, 0.29) is 11.6 Å². The van der Waals surface area contributed by atoms with E-state index in [0.29, 0.717) is 68.8 Å². The van der Waals surface area contributed by atoms with Gasteiger partial charge in [-0.25, -0.2) is 8.78 Å². The smallest absolute Gasteiger partial charge is 0.157 e. The largest absolute Gasteiger partial charge is 0.496 e. The van der Waals surface area contributed by atoms with Crippen LogP contribution in [0.2, 0.25) is 35.2 Å². The Morgan fingerprint density at radius 2 is 0.634 bits per heavy atom. The van der Waals surface area contributed by atoms with Crippen LogP contribution in [0.4, 0.5) is 8.78 Å². The Morgan fingerprint density at radius 3 is 1.23 bits per heavy atom. The molecule has 0 aliphatic heterocycles. The van der Waals surface area contributed by atoms with Crippen molar-refractivity contribution >= 4 is 346 Å². The minimum atomic E-state index is -0.362. The molecule has 0 unspecified atom stereocenters. The molecule has 21 aromatic rings. The summed E-state index contributed by atoms with van der Waals surface area (Å²) in [6, 6.07) is 68.8. The van der Waals surface area contributed by atoms with E-state index in [9.17, 15) is 8.78 Å². The maximum Gasteiger partial charge on any atom is 0.157 e. The van der Waals surface area contributed by atoms with Gasteiger partial charge < -0.3 is 40.4 Å². The predicted molar refractivity (Wildman–Crippen MR) is 483 cm³/mol. The molecule has 0 spiro atoms. The van der Waals surface area contributed by atoms with Crippen LogP contribution in [0.3, 0.4) is 0 Å². The summed E-state index contributed by atoms with van der Waals surface area (Å²) in [4.78, 5) is 0. The lowest BCUT2D eigenvalue weighted by Crippen LogP contribution is -1.83. The lowest BCUT2D eigenvalue weighted by molar-refractivity contribution is 0.419. The Labute approximate surface area is 728 Å². The van der Waals surface area contributed by atoms with Crippen LogP contribution in [0.25, 0.3) is 154 Å². The van der Waals surface area contributed by atoms with Crippen molar-refractivity contribution in [2.45, 2.75) is 6.92 Å². The quantitative estimate of drug-likeness (QED) is 0.167. The van der Waals surface area contributed by atoms with Crippen molar-refractivity contribution in [2.75, 3.05) is 14.2 Å². The molecule has 560 valence electrons. The molecule has 0 amide bonds. The van der Waals surface area contributed by atoms with E-state index in [2.05, 4.69) is 124 Å². The van der Waals surface area contributed by atoms with Crippen LogP contribution < -0.4 is 9.47 Å². The van der Waals surface area contributed by atoms with Gasteiger partial charge in [0.1, 0.15) is 79.0 Å². The first-order valence-electron chi connectivity index (χ1n) is 33.3. The Bertz CT molecular complexity index is 7240. The zero-order valence-corrected chi connectivity index (χ0v) is 74.0. The molecule has 0 atom stereocenters. The fraction of sp³-hybridized carbons (Fsp3) is 0.0345.